The van der Waals surface area contributed by atoms with Gasteiger partial charge in [0.05, 0.1) is 7.11 Å². The molecule has 1 aromatic heterocycles. The number of rotatable bonds is 5. The molecule has 0 saturated heterocycles. The number of thiophene rings is 1. The number of hydrogen-bond acceptors (Lipinski definition) is 4. The van der Waals surface area contributed by atoms with E-state index in [-0.39, 0.29) is 5.91 Å². The molecular weight excluding hydrogens is 370 g/mol. The number of ether oxygens (including phenoxy) is 1. The minimum atomic E-state index is -0.470. The van der Waals surface area contributed by atoms with Crippen LogP contribution in [0.5, 0.6) is 0 Å². The van der Waals surface area contributed by atoms with Crippen molar-refractivity contribution in [3.05, 3.63) is 82.2 Å². The summed E-state index contributed by atoms with van der Waals surface area (Å²) in [5.41, 5.74) is 4.15. The lowest BCUT2D eigenvalue weighted by atomic mass is 10.0. The quantitative estimate of drug-likeness (QED) is 0.463. The molecule has 2 aromatic carbocycles. The normalized spacial score (nSPS) is 10.8. The molecule has 3 aromatic rings. The van der Waals surface area contributed by atoms with E-state index in [0.29, 0.717) is 10.6 Å². The van der Waals surface area contributed by atoms with Crippen LogP contribution in [0.1, 0.15) is 26.4 Å². The zero-order valence-electron chi connectivity index (χ0n) is 16.0. The molecule has 5 heteroatoms. The zero-order valence-corrected chi connectivity index (χ0v) is 16.8. The van der Waals surface area contributed by atoms with Crippen LogP contribution >= 0.6 is 11.3 Å². The molecule has 28 heavy (non-hydrogen) atoms. The van der Waals surface area contributed by atoms with Gasteiger partial charge in [0, 0.05) is 16.5 Å². The van der Waals surface area contributed by atoms with Crippen LogP contribution in [0.15, 0.2) is 60.7 Å². The van der Waals surface area contributed by atoms with Gasteiger partial charge < -0.3 is 10.1 Å². The number of esters is 1. The van der Waals surface area contributed by atoms with Crippen molar-refractivity contribution in [1.29, 1.82) is 0 Å². The average molecular weight is 391 g/mol. The summed E-state index contributed by atoms with van der Waals surface area (Å²) in [6.07, 6.45) is 3.19. The summed E-state index contributed by atoms with van der Waals surface area (Å²) in [5, 5.41) is 3.32. The first-order valence-electron chi connectivity index (χ1n) is 8.82. The first kappa shape index (κ1) is 19.6. The Morgan fingerprint density at radius 1 is 1.00 bits per heavy atom. The van der Waals surface area contributed by atoms with E-state index >= 15 is 0 Å². The van der Waals surface area contributed by atoms with Crippen LogP contribution in [0.2, 0.25) is 0 Å². The largest absolute Gasteiger partial charge is 0.465 e. The van der Waals surface area contributed by atoms with Crippen molar-refractivity contribution in [2.24, 2.45) is 0 Å². The molecule has 0 fully saturated rings. The Kier molecular flexibility index (Phi) is 6.06. The van der Waals surface area contributed by atoms with Gasteiger partial charge in [0.25, 0.3) is 0 Å². The van der Waals surface area contributed by atoms with Crippen LogP contribution in [-0.2, 0) is 9.53 Å². The lowest BCUT2D eigenvalue weighted by molar-refractivity contribution is -0.111. The molecule has 0 saturated carbocycles. The van der Waals surface area contributed by atoms with E-state index in [1.165, 1.54) is 24.5 Å². The fourth-order valence-electron chi connectivity index (χ4n) is 2.89. The third-order valence-corrected chi connectivity index (χ3v) is 5.30. The fraction of sp³-hybridized carbons (Fsp3) is 0.130. The number of aryl methyl sites for hydroxylation is 2. The summed E-state index contributed by atoms with van der Waals surface area (Å²) in [6.45, 7) is 3.94. The van der Waals surface area contributed by atoms with Crippen molar-refractivity contribution >= 4 is 34.3 Å². The molecule has 1 amide bonds. The molecule has 0 atom stereocenters. The van der Waals surface area contributed by atoms with Gasteiger partial charge in [0.1, 0.15) is 10.6 Å². The Hall–Kier alpha value is -3.18. The number of amides is 1. The lowest BCUT2D eigenvalue weighted by Crippen LogP contribution is -2.11. The van der Waals surface area contributed by atoms with E-state index < -0.39 is 5.97 Å². The number of nitrogens with one attached hydrogen (secondary N) is 1. The van der Waals surface area contributed by atoms with Crippen molar-refractivity contribution in [2.45, 2.75) is 13.8 Å². The summed E-state index contributed by atoms with van der Waals surface area (Å²) in [5.74, 6) is -0.770. The van der Waals surface area contributed by atoms with Crippen LogP contribution in [0.4, 0.5) is 5.00 Å². The molecule has 0 aliphatic rings. The van der Waals surface area contributed by atoms with Crippen LogP contribution in [-0.4, -0.2) is 19.0 Å². The molecule has 0 bridgehead atoms. The Bertz CT molecular complexity index is 1020. The Morgan fingerprint density at radius 3 is 2.32 bits per heavy atom. The topological polar surface area (TPSA) is 55.4 Å². The van der Waals surface area contributed by atoms with Gasteiger partial charge in [0.15, 0.2) is 0 Å². The highest BCUT2D eigenvalue weighted by atomic mass is 32.1. The molecule has 4 nitrogen and oxygen atoms in total. The molecule has 0 aliphatic heterocycles. The van der Waals surface area contributed by atoms with E-state index in [1.54, 1.807) is 6.08 Å². The second-order valence-corrected chi connectivity index (χ2v) is 7.55. The van der Waals surface area contributed by atoms with Gasteiger partial charge in [-0.05, 0) is 31.1 Å². The number of benzene rings is 2. The van der Waals surface area contributed by atoms with Crippen LogP contribution in [0.25, 0.3) is 17.2 Å². The molecule has 0 radical (unpaired) electrons. The van der Waals surface area contributed by atoms with Crippen molar-refractivity contribution < 1.29 is 14.3 Å². The third kappa shape index (κ3) is 4.38. The number of carbonyl (C=O) groups is 2. The second kappa shape index (κ2) is 8.67. The van der Waals surface area contributed by atoms with Gasteiger partial charge in [-0.3, -0.25) is 4.79 Å². The highest BCUT2D eigenvalue weighted by Gasteiger charge is 2.24. The Morgan fingerprint density at radius 2 is 1.68 bits per heavy atom. The van der Waals surface area contributed by atoms with E-state index in [4.69, 9.17) is 4.74 Å². The first-order valence-corrected chi connectivity index (χ1v) is 9.64. The van der Waals surface area contributed by atoms with Crippen LogP contribution < -0.4 is 5.32 Å². The number of carbonyl (C=O) groups excluding carboxylic acids is 2. The third-order valence-electron chi connectivity index (χ3n) is 4.28. The molecular formula is C23H21NO3S. The SMILES string of the molecule is COC(=O)c1c(NC(=O)/C=C/c2ccccc2)sc(C)c1-c1ccc(C)cc1. The van der Waals surface area contributed by atoms with Gasteiger partial charge in [0.2, 0.25) is 5.91 Å². The van der Waals surface area contributed by atoms with Crippen molar-refractivity contribution in [3.63, 3.8) is 0 Å². The summed E-state index contributed by atoms with van der Waals surface area (Å²) in [4.78, 5) is 25.8. The minimum Gasteiger partial charge on any atom is -0.465 e. The maximum atomic E-state index is 12.5. The molecule has 0 spiro atoms. The van der Waals surface area contributed by atoms with Crippen LogP contribution in [0.3, 0.4) is 0 Å². The van der Waals surface area contributed by atoms with Crippen molar-refractivity contribution in [1.82, 2.24) is 0 Å². The molecule has 1 N–H and O–H groups in total. The van der Waals surface area contributed by atoms with Gasteiger partial charge in [-0.1, -0.05) is 60.2 Å². The smallest absolute Gasteiger partial charge is 0.341 e. The molecule has 0 aliphatic carbocycles. The van der Waals surface area contributed by atoms with Gasteiger partial charge >= 0.3 is 5.97 Å². The van der Waals surface area contributed by atoms with Crippen molar-refractivity contribution in [3.8, 4) is 11.1 Å². The fourth-order valence-corrected chi connectivity index (χ4v) is 3.95. The van der Waals surface area contributed by atoms with E-state index in [9.17, 15) is 9.59 Å². The maximum Gasteiger partial charge on any atom is 0.341 e. The number of methoxy groups -OCH3 is 1. The molecule has 142 valence electrons. The molecule has 0 unspecified atom stereocenters. The van der Waals surface area contributed by atoms with Gasteiger partial charge in [-0.2, -0.15) is 0 Å². The summed E-state index contributed by atoms with van der Waals surface area (Å²) >= 11 is 1.37. The number of hydrogen-bond donors (Lipinski definition) is 1. The van der Waals surface area contributed by atoms with Gasteiger partial charge in [-0.25, -0.2) is 4.79 Å². The Labute approximate surface area is 168 Å². The summed E-state index contributed by atoms with van der Waals surface area (Å²) in [7, 11) is 1.34. The van der Waals surface area contributed by atoms with Crippen LogP contribution in [0, 0.1) is 13.8 Å². The predicted molar refractivity (Wildman–Crippen MR) is 115 cm³/mol. The first-order chi connectivity index (χ1) is 13.5. The summed E-state index contributed by atoms with van der Waals surface area (Å²) < 4.78 is 4.99. The monoisotopic (exact) mass is 391 g/mol. The highest BCUT2D eigenvalue weighted by molar-refractivity contribution is 7.17. The predicted octanol–water partition coefficient (Wildman–Crippen LogP) is 5.47. The highest BCUT2D eigenvalue weighted by Crippen LogP contribution is 2.40. The second-order valence-electron chi connectivity index (χ2n) is 6.33. The van der Waals surface area contributed by atoms with Crippen molar-refractivity contribution in [2.75, 3.05) is 12.4 Å². The Balaban J connectivity index is 1.93. The molecule has 1 heterocycles. The molecule has 3 rings (SSSR count). The van der Waals surface area contributed by atoms with E-state index in [1.807, 2.05) is 68.4 Å². The maximum absolute atomic E-state index is 12.5. The zero-order chi connectivity index (χ0) is 20.1. The number of anilines is 1. The van der Waals surface area contributed by atoms with E-state index in [2.05, 4.69) is 5.32 Å². The standard InChI is InChI=1S/C23H21NO3S/c1-15-9-12-18(13-10-15)20-16(2)28-22(21(20)23(26)27-3)24-19(25)14-11-17-7-5-4-6-8-17/h4-14H,1-3H3,(H,24,25)/b14-11+. The van der Waals surface area contributed by atoms with E-state index in [0.717, 1.165) is 27.1 Å². The minimum absolute atomic E-state index is 0.300. The van der Waals surface area contributed by atoms with Gasteiger partial charge in [-0.15, -0.1) is 11.3 Å². The summed E-state index contributed by atoms with van der Waals surface area (Å²) in [6, 6.07) is 17.5. The lowest BCUT2D eigenvalue weighted by Gasteiger charge is -2.07. The average Bonchev–Trinajstić information content (AvgIpc) is 3.02.